The summed E-state index contributed by atoms with van der Waals surface area (Å²) in [6.07, 6.45) is 1.67. The van der Waals surface area contributed by atoms with Crippen LogP contribution in [-0.2, 0) is 0 Å². The van der Waals surface area contributed by atoms with Crippen molar-refractivity contribution < 1.29 is 4.74 Å². The van der Waals surface area contributed by atoms with Gasteiger partial charge in [0.1, 0.15) is 5.75 Å². The Kier molecular flexibility index (Phi) is 5.76. The van der Waals surface area contributed by atoms with Crippen molar-refractivity contribution in [1.82, 2.24) is 14.9 Å². The van der Waals surface area contributed by atoms with Gasteiger partial charge in [-0.15, -0.1) is 0 Å². The zero-order valence-electron chi connectivity index (χ0n) is 14.1. The quantitative estimate of drug-likeness (QED) is 0.444. The average molecular weight is 407 g/mol. The number of benzene rings is 2. The van der Waals surface area contributed by atoms with Crippen molar-refractivity contribution in [2.45, 2.75) is 20.0 Å². The lowest BCUT2D eigenvalue weighted by Crippen LogP contribution is -2.05. The monoisotopic (exact) mass is 406 g/mol. The van der Waals surface area contributed by atoms with Crippen LogP contribution >= 0.6 is 35.4 Å². The molecule has 3 rings (SSSR count). The highest BCUT2D eigenvalue weighted by Crippen LogP contribution is 2.25. The maximum absolute atomic E-state index is 6.20. The van der Waals surface area contributed by atoms with E-state index in [0.29, 0.717) is 26.2 Å². The maximum atomic E-state index is 6.20. The van der Waals surface area contributed by atoms with E-state index in [-0.39, 0.29) is 6.10 Å². The van der Waals surface area contributed by atoms with Gasteiger partial charge in [-0.05, 0) is 44.3 Å². The molecule has 0 aliphatic heterocycles. The van der Waals surface area contributed by atoms with E-state index in [1.54, 1.807) is 18.3 Å². The van der Waals surface area contributed by atoms with Crippen LogP contribution in [0.3, 0.4) is 0 Å². The van der Waals surface area contributed by atoms with Crippen molar-refractivity contribution in [3.63, 3.8) is 0 Å². The Hall–Kier alpha value is -2.15. The highest BCUT2D eigenvalue weighted by molar-refractivity contribution is 7.71. The Bertz CT molecular complexity index is 1010. The third kappa shape index (κ3) is 4.15. The summed E-state index contributed by atoms with van der Waals surface area (Å²) < 4.78 is 7.63. The number of halogens is 2. The second kappa shape index (κ2) is 8.03. The zero-order chi connectivity index (χ0) is 18.7. The molecule has 5 nitrogen and oxygen atoms in total. The van der Waals surface area contributed by atoms with Crippen LogP contribution in [0.1, 0.15) is 19.4 Å². The lowest BCUT2D eigenvalue weighted by Gasteiger charge is -2.10. The van der Waals surface area contributed by atoms with Gasteiger partial charge in [0, 0.05) is 11.1 Å². The molecule has 0 saturated heterocycles. The van der Waals surface area contributed by atoms with Gasteiger partial charge in [-0.2, -0.15) is 14.9 Å². The molecule has 134 valence electrons. The van der Waals surface area contributed by atoms with Gasteiger partial charge in [0.25, 0.3) is 0 Å². The van der Waals surface area contributed by atoms with E-state index < -0.39 is 0 Å². The standard InChI is InChI=1S/C18H16Cl2N4OS/c1-11(2)25-14-7-3-5-12(9-14)17-22-23-18(26)24(17)21-10-13-6-4-8-15(19)16(13)20/h3-11H,1-2H3,(H,23,26)/b21-10+. The molecule has 8 heteroatoms. The number of rotatable bonds is 5. The Morgan fingerprint density at radius 3 is 2.77 bits per heavy atom. The van der Waals surface area contributed by atoms with Gasteiger partial charge in [0.2, 0.25) is 4.77 Å². The fourth-order valence-corrected chi connectivity index (χ4v) is 2.84. The summed E-state index contributed by atoms with van der Waals surface area (Å²) >= 11 is 17.5. The molecule has 0 amide bonds. The number of aromatic nitrogens is 3. The van der Waals surface area contributed by atoms with Gasteiger partial charge in [-0.25, -0.2) is 5.10 Å². The van der Waals surface area contributed by atoms with Crippen LogP contribution in [0, 0.1) is 4.77 Å². The van der Waals surface area contributed by atoms with Crippen molar-refractivity contribution in [1.29, 1.82) is 0 Å². The van der Waals surface area contributed by atoms with E-state index in [0.717, 1.165) is 11.3 Å². The van der Waals surface area contributed by atoms with Gasteiger partial charge in [-0.3, -0.25) is 0 Å². The number of H-pyrrole nitrogens is 1. The summed E-state index contributed by atoms with van der Waals surface area (Å²) in [5.41, 5.74) is 1.51. The van der Waals surface area contributed by atoms with Crippen LogP contribution in [-0.4, -0.2) is 27.2 Å². The van der Waals surface area contributed by atoms with Gasteiger partial charge >= 0.3 is 0 Å². The minimum atomic E-state index is 0.0778. The number of ether oxygens (including phenoxy) is 1. The van der Waals surface area contributed by atoms with Gasteiger partial charge in [0.15, 0.2) is 5.82 Å². The van der Waals surface area contributed by atoms with Crippen LogP contribution in [0.15, 0.2) is 47.6 Å². The lowest BCUT2D eigenvalue weighted by molar-refractivity contribution is 0.242. The van der Waals surface area contributed by atoms with E-state index in [9.17, 15) is 0 Å². The molecule has 1 N–H and O–H groups in total. The number of nitrogens with one attached hydrogen (secondary N) is 1. The second-order valence-corrected chi connectivity index (χ2v) is 6.92. The van der Waals surface area contributed by atoms with E-state index in [1.165, 1.54) is 4.68 Å². The van der Waals surface area contributed by atoms with Crippen LogP contribution in [0.25, 0.3) is 11.4 Å². The highest BCUT2D eigenvalue weighted by Gasteiger charge is 2.10. The van der Waals surface area contributed by atoms with E-state index in [1.807, 2.05) is 44.2 Å². The summed E-state index contributed by atoms with van der Waals surface area (Å²) in [6, 6.07) is 12.9. The summed E-state index contributed by atoms with van der Waals surface area (Å²) in [5, 5.41) is 12.3. The molecule has 1 aromatic heterocycles. The van der Waals surface area contributed by atoms with Crippen LogP contribution in [0.5, 0.6) is 5.75 Å². The second-order valence-electron chi connectivity index (χ2n) is 5.75. The van der Waals surface area contributed by atoms with Crippen molar-refractivity contribution in [3.8, 4) is 17.1 Å². The van der Waals surface area contributed by atoms with Crippen LogP contribution < -0.4 is 4.74 Å². The molecule has 0 fully saturated rings. The molecular weight excluding hydrogens is 391 g/mol. The number of nitrogens with zero attached hydrogens (tertiary/aromatic N) is 3. The first kappa shape index (κ1) is 18.6. The number of hydrogen-bond acceptors (Lipinski definition) is 4. The highest BCUT2D eigenvalue weighted by atomic mass is 35.5. The normalized spacial score (nSPS) is 11.4. The minimum Gasteiger partial charge on any atom is -0.491 e. The van der Waals surface area contributed by atoms with Crippen molar-refractivity contribution in [2.24, 2.45) is 5.10 Å². The molecule has 0 bridgehead atoms. The molecule has 2 aromatic carbocycles. The molecule has 0 atom stereocenters. The first-order valence-electron chi connectivity index (χ1n) is 7.88. The van der Waals surface area contributed by atoms with E-state index in [2.05, 4.69) is 15.3 Å². The predicted octanol–water partition coefficient (Wildman–Crippen LogP) is 5.58. The molecule has 0 saturated carbocycles. The largest absolute Gasteiger partial charge is 0.491 e. The Labute approximate surface area is 166 Å². The molecule has 0 aliphatic carbocycles. The fourth-order valence-electron chi connectivity index (χ4n) is 2.31. The predicted molar refractivity (Wildman–Crippen MR) is 108 cm³/mol. The summed E-state index contributed by atoms with van der Waals surface area (Å²) in [4.78, 5) is 0. The molecule has 3 aromatic rings. The van der Waals surface area contributed by atoms with Crippen LogP contribution in [0.2, 0.25) is 10.0 Å². The molecule has 0 radical (unpaired) electrons. The SMILES string of the molecule is CC(C)Oc1cccc(-c2n[nH]c(=S)n2/N=C/c2cccc(Cl)c2Cl)c1. The van der Waals surface area contributed by atoms with E-state index in [4.69, 9.17) is 40.2 Å². The molecule has 0 aliphatic rings. The third-order valence-electron chi connectivity index (χ3n) is 3.41. The summed E-state index contributed by atoms with van der Waals surface area (Å²) in [7, 11) is 0. The fraction of sp³-hybridized carbons (Fsp3) is 0.167. The van der Waals surface area contributed by atoms with E-state index >= 15 is 0 Å². The van der Waals surface area contributed by atoms with Gasteiger partial charge in [0.05, 0.1) is 22.4 Å². The third-order valence-corrected chi connectivity index (χ3v) is 4.51. The number of hydrogen-bond donors (Lipinski definition) is 1. The Morgan fingerprint density at radius 1 is 1.23 bits per heavy atom. The maximum Gasteiger partial charge on any atom is 0.216 e. The molecule has 1 heterocycles. The molecule has 0 spiro atoms. The van der Waals surface area contributed by atoms with Crippen molar-refractivity contribution in [2.75, 3.05) is 0 Å². The smallest absolute Gasteiger partial charge is 0.216 e. The summed E-state index contributed by atoms with van der Waals surface area (Å²) in [5.74, 6) is 1.32. The first-order valence-corrected chi connectivity index (χ1v) is 9.05. The minimum absolute atomic E-state index is 0.0778. The van der Waals surface area contributed by atoms with Gasteiger partial charge < -0.3 is 4.74 Å². The molecule has 26 heavy (non-hydrogen) atoms. The average Bonchev–Trinajstić information content (AvgIpc) is 2.97. The Balaban J connectivity index is 1.99. The summed E-state index contributed by atoms with van der Waals surface area (Å²) in [6.45, 7) is 3.95. The van der Waals surface area contributed by atoms with Crippen LogP contribution in [0.4, 0.5) is 0 Å². The molecular formula is C18H16Cl2N4OS. The topological polar surface area (TPSA) is 55.2 Å². The first-order chi connectivity index (χ1) is 12.5. The van der Waals surface area contributed by atoms with Gasteiger partial charge in [-0.1, -0.05) is 47.5 Å². The lowest BCUT2D eigenvalue weighted by atomic mass is 10.2. The van der Waals surface area contributed by atoms with Crippen molar-refractivity contribution >= 4 is 41.6 Å². The Morgan fingerprint density at radius 2 is 2.00 bits per heavy atom. The zero-order valence-corrected chi connectivity index (χ0v) is 16.4. The number of aromatic amines is 1. The molecule has 0 unspecified atom stereocenters. The van der Waals surface area contributed by atoms with Crippen molar-refractivity contribution in [3.05, 3.63) is 62.8 Å².